The molecule has 4 amide bonds. The van der Waals surface area contributed by atoms with Crippen molar-refractivity contribution >= 4 is 35.2 Å². The number of aryl methyl sites for hydroxylation is 1. The maximum absolute atomic E-state index is 15.0. The van der Waals surface area contributed by atoms with Crippen LogP contribution in [0.2, 0.25) is 0 Å². The zero-order valence-corrected chi connectivity index (χ0v) is 32.4. The van der Waals surface area contributed by atoms with E-state index in [1.54, 1.807) is 50.3 Å². The Morgan fingerprint density at radius 3 is 2.02 bits per heavy atom. The maximum atomic E-state index is 15.0. The standard InChI is InChI=1S/C39H54FN5O6S/c1-10-31-42-22-30(52-31)24-17-15-23(16-18-24)19-28(43-36(49)33(39(5,6)7)45-37(50)51-9)29(46)21-26(20-25-13-11-12-14-27(25)40)34(47)44-32(35(48)41-8)38(2,3)4/h11-18,22,26,28-29,32-33,46H,10,19-21H2,1-9H3,(H,41,48)(H,43,49)(H,44,47)(H,45,50)/t26-,28+,29+,32-,33-/m1/s1. The number of nitrogens with zero attached hydrogens (tertiary/aromatic N) is 1. The van der Waals surface area contributed by atoms with Gasteiger partial charge in [0.1, 0.15) is 17.9 Å². The molecule has 2 aromatic carbocycles. The number of aliphatic hydroxyl groups excluding tert-OH is 1. The van der Waals surface area contributed by atoms with Crippen molar-refractivity contribution in [1.29, 1.82) is 0 Å². The van der Waals surface area contributed by atoms with Gasteiger partial charge in [-0.2, -0.15) is 0 Å². The van der Waals surface area contributed by atoms with E-state index in [2.05, 4.69) is 26.3 Å². The number of ether oxygens (including phenoxy) is 1. The monoisotopic (exact) mass is 739 g/mol. The second kappa shape index (κ2) is 18.4. The highest BCUT2D eigenvalue weighted by molar-refractivity contribution is 7.15. The number of rotatable bonds is 15. The van der Waals surface area contributed by atoms with Gasteiger partial charge in [-0.15, -0.1) is 11.3 Å². The average Bonchev–Trinajstić information content (AvgIpc) is 3.58. The lowest BCUT2D eigenvalue weighted by Gasteiger charge is -2.34. The molecule has 13 heteroatoms. The molecule has 3 rings (SSSR count). The minimum Gasteiger partial charge on any atom is -0.453 e. The number of methoxy groups -OCH3 is 1. The lowest BCUT2D eigenvalue weighted by atomic mass is 9.84. The number of thiazole rings is 1. The van der Waals surface area contributed by atoms with Crippen LogP contribution in [0.1, 0.15) is 71.0 Å². The summed E-state index contributed by atoms with van der Waals surface area (Å²) >= 11 is 1.61. The van der Waals surface area contributed by atoms with Gasteiger partial charge in [-0.3, -0.25) is 14.4 Å². The van der Waals surface area contributed by atoms with E-state index < -0.39 is 70.6 Å². The smallest absolute Gasteiger partial charge is 0.407 e. The second-order valence-corrected chi connectivity index (χ2v) is 16.3. The fourth-order valence-corrected chi connectivity index (χ4v) is 6.68. The first-order chi connectivity index (χ1) is 24.4. The van der Waals surface area contributed by atoms with Crippen molar-refractivity contribution < 1.29 is 33.4 Å². The lowest BCUT2D eigenvalue weighted by molar-refractivity contribution is -0.134. The Kier molecular flexibility index (Phi) is 14.9. The average molecular weight is 740 g/mol. The first-order valence-corrected chi connectivity index (χ1v) is 18.3. The van der Waals surface area contributed by atoms with E-state index in [1.165, 1.54) is 20.2 Å². The van der Waals surface area contributed by atoms with Gasteiger partial charge in [-0.05, 0) is 59.3 Å². The molecule has 52 heavy (non-hydrogen) atoms. The third-order valence-electron chi connectivity index (χ3n) is 8.90. The summed E-state index contributed by atoms with van der Waals surface area (Å²) in [6.07, 6.45) is 0.483. The number of aromatic nitrogens is 1. The lowest BCUT2D eigenvalue weighted by Crippen LogP contribution is -2.58. The molecule has 0 spiro atoms. The number of halogens is 1. The van der Waals surface area contributed by atoms with Crippen LogP contribution in [-0.4, -0.2) is 72.3 Å². The number of likely N-dealkylation sites (N-methyl/N-ethyl adjacent to an activating group) is 1. The molecule has 0 aliphatic heterocycles. The summed E-state index contributed by atoms with van der Waals surface area (Å²) < 4.78 is 19.7. The highest BCUT2D eigenvalue weighted by Crippen LogP contribution is 2.28. The van der Waals surface area contributed by atoms with Crippen LogP contribution in [0.5, 0.6) is 0 Å². The number of aliphatic hydroxyl groups is 1. The number of carbonyl (C=O) groups excluding carboxylic acids is 4. The molecular weight excluding hydrogens is 686 g/mol. The highest BCUT2D eigenvalue weighted by atomic mass is 32.1. The van der Waals surface area contributed by atoms with Crippen molar-refractivity contribution in [1.82, 2.24) is 26.3 Å². The molecule has 0 bridgehead atoms. The van der Waals surface area contributed by atoms with Gasteiger partial charge >= 0.3 is 6.09 Å². The molecule has 0 aliphatic carbocycles. The van der Waals surface area contributed by atoms with Crippen molar-refractivity contribution in [2.45, 2.75) is 98.4 Å². The van der Waals surface area contributed by atoms with E-state index in [0.717, 1.165) is 27.4 Å². The normalized spacial score (nSPS) is 14.7. The molecular formula is C39H54FN5O6S. The van der Waals surface area contributed by atoms with E-state index in [9.17, 15) is 28.7 Å². The van der Waals surface area contributed by atoms with Gasteiger partial charge in [0.2, 0.25) is 17.7 Å². The number of alkyl carbamates (subject to hydrolysis) is 1. The van der Waals surface area contributed by atoms with Crippen LogP contribution >= 0.6 is 11.3 Å². The predicted molar refractivity (Wildman–Crippen MR) is 201 cm³/mol. The highest BCUT2D eigenvalue weighted by Gasteiger charge is 2.38. The van der Waals surface area contributed by atoms with Gasteiger partial charge < -0.3 is 31.1 Å². The summed E-state index contributed by atoms with van der Waals surface area (Å²) in [6, 6.07) is 10.9. The molecule has 1 aromatic heterocycles. The zero-order chi connectivity index (χ0) is 38.8. The third-order valence-corrected chi connectivity index (χ3v) is 10.1. The van der Waals surface area contributed by atoms with Crippen LogP contribution in [0.3, 0.4) is 0 Å². The summed E-state index contributed by atoms with van der Waals surface area (Å²) in [5.74, 6) is -2.99. The van der Waals surface area contributed by atoms with Gasteiger partial charge in [0.05, 0.1) is 29.1 Å². The Balaban J connectivity index is 2.00. The summed E-state index contributed by atoms with van der Waals surface area (Å²) in [5, 5.41) is 23.9. The molecule has 0 unspecified atom stereocenters. The Morgan fingerprint density at radius 1 is 0.865 bits per heavy atom. The molecule has 3 aromatic rings. The SMILES string of the molecule is CCc1ncc(-c2ccc(C[C@H](NC(=O)[C@@H](NC(=O)OC)C(C)(C)C)[C@@H](O)C[C@@H](Cc3ccccc3F)C(=O)N[C@H](C(=O)NC)C(C)(C)C)cc2)s1. The summed E-state index contributed by atoms with van der Waals surface area (Å²) in [5.41, 5.74) is 0.636. The van der Waals surface area contributed by atoms with Crippen LogP contribution < -0.4 is 21.3 Å². The van der Waals surface area contributed by atoms with Crippen molar-refractivity contribution in [3.63, 3.8) is 0 Å². The molecule has 0 aliphatic rings. The van der Waals surface area contributed by atoms with E-state index in [1.807, 2.05) is 58.2 Å². The number of benzene rings is 2. The van der Waals surface area contributed by atoms with Gasteiger partial charge in [0.25, 0.3) is 0 Å². The van der Waals surface area contributed by atoms with Gasteiger partial charge in [-0.1, -0.05) is 90.9 Å². The molecule has 11 nitrogen and oxygen atoms in total. The van der Waals surface area contributed by atoms with E-state index in [4.69, 9.17) is 4.74 Å². The minimum atomic E-state index is -1.31. The fraction of sp³-hybridized carbons (Fsp3) is 0.513. The van der Waals surface area contributed by atoms with Gasteiger partial charge in [0.15, 0.2) is 0 Å². The van der Waals surface area contributed by atoms with Gasteiger partial charge in [0, 0.05) is 19.2 Å². The molecule has 0 saturated carbocycles. The van der Waals surface area contributed by atoms with E-state index >= 15 is 0 Å². The van der Waals surface area contributed by atoms with Crippen LogP contribution in [0, 0.1) is 22.6 Å². The maximum Gasteiger partial charge on any atom is 0.407 e. The summed E-state index contributed by atoms with van der Waals surface area (Å²) in [6.45, 7) is 12.9. The number of amides is 4. The Bertz CT molecular complexity index is 1670. The summed E-state index contributed by atoms with van der Waals surface area (Å²) in [4.78, 5) is 58.4. The Morgan fingerprint density at radius 2 is 1.48 bits per heavy atom. The first-order valence-electron chi connectivity index (χ1n) is 17.5. The fourth-order valence-electron chi connectivity index (χ4n) is 5.82. The topological polar surface area (TPSA) is 159 Å². The largest absolute Gasteiger partial charge is 0.453 e. The summed E-state index contributed by atoms with van der Waals surface area (Å²) in [7, 11) is 2.68. The molecule has 5 atom stereocenters. The molecule has 284 valence electrons. The molecule has 0 radical (unpaired) electrons. The molecule has 5 N–H and O–H groups in total. The van der Waals surface area contributed by atoms with Crippen LogP contribution in [0.15, 0.2) is 54.7 Å². The van der Waals surface area contributed by atoms with Crippen molar-refractivity contribution in [3.8, 4) is 10.4 Å². The molecule has 0 fully saturated rings. The number of hydrogen-bond acceptors (Lipinski definition) is 8. The van der Waals surface area contributed by atoms with Crippen LogP contribution in [-0.2, 0) is 38.4 Å². The quantitative estimate of drug-likeness (QED) is 0.143. The van der Waals surface area contributed by atoms with E-state index in [0.29, 0.717) is 0 Å². The molecule has 0 saturated heterocycles. The Labute approximate surface area is 310 Å². The van der Waals surface area contributed by atoms with Crippen LogP contribution in [0.25, 0.3) is 10.4 Å². The second-order valence-electron chi connectivity index (χ2n) is 15.1. The minimum absolute atomic E-state index is 0.0708. The zero-order valence-electron chi connectivity index (χ0n) is 31.6. The third kappa shape index (κ3) is 11.8. The van der Waals surface area contributed by atoms with Crippen molar-refractivity contribution in [2.24, 2.45) is 16.7 Å². The number of carbonyl (C=O) groups is 4. The Hall–Kier alpha value is -4.36. The number of nitrogens with one attached hydrogen (secondary N) is 4. The first kappa shape index (κ1) is 42.1. The van der Waals surface area contributed by atoms with Crippen LogP contribution in [0.4, 0.5) is 9.18 Å². The van der Waals surface area contributed by atoms with Crippen molar-refractivity contribution in [2.75, 3.05) is 14.2 Å². The molecule has 1 heterocycles. The van der Waals surface area contributed by atoms with E-state index in [-0.39, 0.29) is 24.8 Å². The predicted octanol–water partition coefficient (Wildman–Crippen LogP) is 5.20. The van der Waals surface area contributed by atoms with Crippen molar-refractivity contribution in [3.05, 3.63) is 76.7 Å². The van der Waals surface area contributed by atoms with Gasteiger partial charge in [-0.25, -0.2) is 14.2 Å². The number of hydrogen-bond donors (Lipinski definition) is 5.